The lowest BCUT2D eigenvalue weighted by Crippen LogP contribution is -2.43. The smallest absolute Gasteiger partial charge is 0.197 e. The number of pyridine rings is 1. The molecule has 0 amide bonds. The van der Waals surface area contributed by atoms with Crippen LogP contribution in [0.25, 0.3) is 10.1 Å². The van der Waals surface area contributed by atoms with Crippen molar-refractivity contribution in [1.82, 2.24) is 10.3 Å². The molecule has 3 aromatic rings. The van der Waals surface area contributed by atoms with Crippen LogP contribution in [-0.2, 0) is 9.84 Å². The summed E-state index contributed by atoms with van der Waals surface area (Å²) in [6, 6.07) is 10.9. The number of Topliss-reactive ketones (excluding diaryl/α,β-unsaturated/α-hetero) is 1. The maximum atomic E-state index is 13.4. The molecule has 4 heterocycles. The van der Waals surface area contributed by atoms with Gasteiger partial charge in [-0.05, 0) is 56.2 Å². The minimum Gasteiger partial charge on any atom is -0.372 e. The molecule has 1 aromatic carbocycles. The van der Waals surface area contributed by atoms with Crippen LogP contribution in [-0.4, -0.2) is 63.7 Å². The van der Waals surface area contributed by atoms with E-state index >= 15 is 0 Å². The summed E-state index contributed by atoms with van der Waals surface area (Å²) in [5.41, 5.74) is 1.51. The van der Waals surface area contributed by atoms with Gasteiger partial charge in [0.25, 0.3) is 0 Å². The Kier molecular flexibility index (Phi) is 6.11. The Morgan fingerprint density at radius 2 is 1.73 bits per heavy atom. The van der Waals surface area contributed by atoms with Crippen molar-refractivity contribution in [2.24, 2.45) is 0 Å². The van der Waals surface area contributed by atoms with Crippen molar-refractivity contribution in [2.45, 2.75) is 29.2 Å². The van der Waals surface area contributed by atoms with Gasteiger partial charge in [0.2, 0.25) is 0 Å². The highest BCUT2D eigenvalue weighted by Gasteiger charge is 2.32. The van der Waals surface area contributed by atoms with E-state index in [1.54, 1.807) is 24.4 Å². The van der Waals surface area contributed by atoms with Gasteiger partial charge in [-0.1, -0.05) is 0 Å². The van der Waals surface area contributed by atoms with Crippen molar-refractivity contribution in [3.05, 3.63) is 48.2 Å². The highest BCUT2D eigenvalue weighted by molar-refractivity contribution is 7.95. The average Bonchev–Trinajstić information content (AvgIpc) is 3.54. The molecule has 1 unspecified atom stereocenters. The molecule has 33 heavy (non-hydrogen) atoms. The second-order valence-corrected chi connectivity index (χ2v) is 12.2. The zero-order valence-electron chi connectivity index (χ0n) is 18.7. The third kappa shape index (κ3) is 4.25. The van der Waals surface area contributed by atoms with Crippen LogP contribution in [0.5, 0.6) is 0 Å². The first-order valence-corrected chi connectivity index (χ1v) is 13.8. The zero-order valence-corrected chi connectivity index (χ0v) is 20.3. The number of piperazine rings is 1. The molecule has 5 rings (SSSR count). The summed E-state index contributed by atoms with van der Waals surface area (Å²) >= 11 is 1.21. The maximum Gasteiger partial charge on any atom is 0.197 e. The van der Waals surface area contributed by atoms with Crippen LogP contribution in [0.1, 0.15) is 30.1 Å². The monoisotopic (exact) mass is 484 g/mol. The van der Waals surface area contributed by atoms with E-state index in [0.29, 0.717) is 5.56 Å². The summed E-state index contributed by atoms with van der Waals surface area (Å²) in [7, 11) is -3.82. The van der Waals surface area contributed by atoms with Gasteiger partial charge in [0.15, 0.2) is 15.6 Å². The van der Waals surface area contributed by atoms with Crippen LogP contribution in [0.3, 0.4) is 0 Å². The molecule has 174 valence electrons. The third-order valence-electron chi connectivity index (χ3n) is 6.56. The Morgan fingerprint density at radius 3 is 2.42 bits per heavy atom. The van der Waals surface area contributed by atoms with Gasteiger partial charge in [-0.3, -0.25) is 4.79 Å². The number of rotatable bonds is 6. The number of carbonyl (C=O) groups excluding carboxylic acids is 1. The molecule has 1 N–H and O–H groups in total. The second kappa shape index (κ2) is 9.04. The maximum absolute atomic E-state index is 13.4. The molecule has 2 aromatic heterocycles. The van der Waals surface area contributed by atoms with E-state index in [4.69, 9.17) is 0 Å². The van der Waals surface area contributed by atoms with Crippen molar-refractivity contribution in [2.75, 3.05) is 49.1 Å². The molecule has 0 radical (unpaired) electrons. The second-order valence-electron chi connectivity index (χ2n) is 8.64. The van der Waals surface area contributed by atoms with Crippen molar-refractivity contribution in [3.63, 3.8) is 0 Å². The van der Waals surface area contributed by atoms with Gasteiger partial charge >= 0.3 is 0 Å². The van der Waals surface area contributed by atoms with Crippen molar-refractivity contribution >= 4 is 48.5 Å². The summed E-state index contributed by atoms with van der Waals surface area (Å²) in [6.45, 7) is 6.93. The van der Waals surface area contributed by atoms with E-state index in [1.165, 1.54) is 31.1 Å². The van der Waals surface area contributed by atoms with E-state index in [9.17, 15) is 13.2 Å². The van der Waals surface area contributed by atoms with Gasteiger partial charge in [-0.25, -0.2) is 13.4 Å². The number of sulfone groups is 1. The fourth-order valence-electron chi connectivity index (χ4n) is 4.56. The number of hydrogen-bond acceptors (Lipinski definition) is 8. The lowest BCUT2D eigenvalue weighted by Gasteiger charge is -2.28. The largest absolute Gasteiger partial charge is 0.372 e. The standard InChI is InChI=1S/C24H28N4O3S2/c1-17(23(29)18-4-6-19(7-5-18)27-12-2-3-13-27)33(30,31)22-16-20-21(32-22)8-9-26-24(20)28-14-10-25-11-15-28/h4-9,16-17,25H,2-3,10-15H2,1H3. The molecule has 0 spiro atoms. The normalized spacial score (nSPS) is 18.1. The van der Waals surface area contributed by atoms with Crippen molar-refractivity contribution < 1.29 is 13.2 Å². The van der Waals surface area contributed by atoms with Crippen molar-refractivity contribution in [3.8, 4) is 0 Å². The van der Waals surface area contributed by atoms with Crippen LogP contribution in [0, 0.1) is 0 Å². The van der Waals surface area contributed by atoms with Crippen LogP contribution in [0.2, 0.25) is 0 Å². The zero-order chi connectivity index (χ0) is 23.0. The predicted octanol–water partition coefficient (Wildman–Crippen LogP) is 3.35. The van der Waals surface area contributed by atoms with E-state index in [2.05, 4.69) is 20.1 Å². The summed E-state index contributed by atoms with van der Waals surface area (Å²) in [4.78, 5) is 22.1. The Morgan fingerprint density at radius 1 is 1.03 bits per heavy atom. The lowest BCUT2D eigenvalue weighted by atomic mass is 10.1. The van der Waals surface area contributed by atoms with E-state index in [-0.39, 0.29) is 9.99 Å². The Balaban J connectivity index is 1.41. The van der Waals surface area contributed by atoms with Crippen LogP contribution in [0.4, 0.5) is 11.5 Å². The Bertz CT molecular complexity index is 1260. The highest BCUT2D eigenvalue weighted by Crippen LogP contribution is 2.36. The number of benzene rings is 1. The van der Waals surface area contributed by atoms with Gasteiger partial charge in [-0.15, -0.1) is 11.3 Å². The first-order chi connectivity index (χ1) is 15.9. The molecule has 1 atom stereocenters. The topological polar surface area (TPSA) is 82.6 Å². The summed E-state index contributed by atoms with van der Waals surface area (Å²) in [6.07, 6.45) is 4.08. The quantitative estimate of drug-likeness (QED) is 0.537. The summed E-state index contributed by atoms with van der Waals surface area (Å²) < 4.78 is 27.9. The van der Waals surface area contributed by atoms with Crippen LogP contribution >= 0.6 is 11.3 Å². The highest BCUT2D eigenvalue weighted by atomic mass is 32.2. The number of nitrogens with one attached hydrogen (secondary N) is 1. The van der Waals surface area contributed by atoms with Gasteiger partial charge in [0.1, 0.15) is 15.3 Å². The van der Waals surface area contributed by atoms with Crippen LogP contribution < -0.4 is 15.1 Å². The van der Waals surface area contributed by atoms with E-state index < -0.39 is 15.1 Å². The number of carbonyl (C=O) groups is 1. The molecule has 0 saturated carbocycles. The Labute approximate surface area is 198 Å². The van der Waals surface area contributed by atoms with E-state index in [1.807, 2.05) is 18.2 Å². The first kappa shape index (κ1) is 22.3. The number of anilines is 2. The van der Waals surface area contributed by atoms with Crippen LogP contribution in [0.15, 0.2) is 46.8 Å². The molecule has 9 heteroatoms. The molecule has 0 aliphatic carbocycles. The number of hydrogen-bond donors (Lipinski definition) is 1. The molecule has 2 saturated heterocycles. The SMILES string of the molecule is CC(C(=O)c1ccc(N2CCCC2)cc1)S(=O)(=O)c1cc2c(N3CCNCC3)nccc2s1. The van der Waals surface area contributed by atoms with Gasteiger partial charge in [-0.2, -0.15) is 0 Å². The van der Waals surface area contributed by atoms with Gasteiger partial charge in [0, 0.05) is 66.8 Å². The number of aromatic nitrogens is 1. The number of ketones is 1. The number of nitrogens with zero attached hydrogens (tertiary/aromatic N) is 3. The average molecular weight is 485 g/mol. The van der Waals surface area contributed by atoms with Crippen molar-refractivity contribution in [1.29, 1.82) is 0 Å². The number of fused-ring (bicyclic) bond motifs is 1. The minimum atomic E-state index is -3.82. The molecule has 2 aliphatic heterocycles. The lowest BCUT2D eigenvalue weighted by molar-refractivity contribution is 0.0991. The molecule has 0 bridgehead atoms. The third-order valence-corrected chi connectivity index (χ3v) is 10.2. The minimum absolute atomic E-state index is 0.219. The first-order valence-electron chi connectivity index (χ1n) is 11.4. The fourth-order valence-corrected chi connectivity index (χ4v) is 7.55. The molecule has 2 aliphatic rings. The number of thiophene rings is 1. The predicted molar refractivity (Wildman–Crippen MR) is 134 cm³/mol. The molecule has 2 fully saturated rings. The fraction of sp³-hybridized carbons (Fsp3) is 0.417. The van der Waals surface area contributed by atoms with E-state index in [0.717, 1.165) is 60.9 Å². The Hall–Kier alpha value is -2.49. The molecular weight excluding hydrogens is 456 g/mol. The summed E-state index contributed by atoms with van der Waals surface area (Å²) in [5, 5.41) is 3.00. The molecule has 7 nitrogen and oxygen atoms in total. The van der Waals surface area contributed by atoms with Gasteiger partial charge < -0.3 is 15.1 Å². The summed E-state index contributed by atoms with van der Waals surface area (Å²) in [5.74, 6) is 0.434. The van der Waals surface area contributed by atoms with Gasteiger partial charge in [0.05, 0.1) is 0 Å². The molecular formula is C24H28N4O3S2.